The molecular formula is C20H22N8O3. The molecule has 0 aromatic carbocycles. The highest BCUT2D eigenvalue weighted by Crippen LogP contribution is 2.25. The summed E-state index contributed by atoms with van der Waals surface area (Å²) in [5.41, 5.74) is -0.774. The van der Waals surface area contributed by atoms with Gasteiger partial charge in [-0.3, -0.25) is 19.1 Å². The molecule has 3 aromatic heterocycles. The van der Waals surface area contributed by atoms with Crippen LogP contribution in [0.1, 0.15) is 49.7 Å². The molecule has 0 saturated heterocycles. The van der Waals surface area contributed by atoms with Crippen LogP contribution >= 0.6 is 0 Å². The first-order valence-electron chi connectivity index (χ1n) is 9.82. The van der Waals surface area contributed by atoms with Crippen molar-refractivity contribution in [1.82, 2.24) is 29.5 Å². The Morgan fingerprint density at radius 3 is 2.71 bits per heavy atom. The van der Waals surface area contributed by atoms with Crippen molar-refractivity contribution in [1.29, 1.82) is 5.26 Å². The number of carbonyl (C=O) groups excluding carboxylic acids is 1. The fraction of sp³-hybridized carbons (Fsp3) is 0.400. The fourth-order valence-electron chi connectivity index (χ4n) is 3.14. The molecule has 160 valence electrons. The number of rotatable bonds is 5. The van der Waals surface area contributed by atoms with E-state index in [0.29, 0.717) is 12.2 Å². The van der Waals surface area contributed by atoms with E-state index < -0.39 is 17.3 Å². The lowest BCUT2D eigenvalue weighted by Gasteiger charge is -2.21. The van der Waals surface area contributed by atoms with Crippen LogP contribution in [0.25, 0.3) is 5.65 Å². The van der Waals surface area contributed by atoms with Crippen LogP contribution in [0.2, 0.25) is 0 Å². The number of carbonyl (C=O) groups is 1. The summed E-state index contributed by atoms with van der Waals surface area (Å²) >= 11 is 0. The first-order chi connectivity index (χ1) is 14.7. The normalized spacial score (nSPS) is 13.7. The molecule has 4 rings (SSSR count). The molecule has 0 atom stereocenters. The van der Waals surface area contributed by atoms with Crippen molar-refractivity contribution in [2.45, 2.75) is 46.2 Å². The van der Waals surface area contributed by atoms with Crippen molar-refractivity contribution >= 4 is 23.2 Å². The van der Waals surface area contributed by atoms with E-state index in [9.17, 15) is 14.7 Å². The molecule has 1 amide bonds. The van der Waals surface area contributed by atoms with Crippen LogP contribution in [0.15, 0.2) is 23.3 Å². The zero-order valence-corrected chi connectivity index (χ0v) is 17.4. The molecule has 1 saturated carbocycles. The summed E-state index contributed by atoms with van der Waals surface area (Å²) < 4.78 is 2.58. The third kappa shape index (κ3) is 4.18. The first-order valence-corrected chi connectivity index (χ1v) is 9.82. The summed E-state index contributed by atoms with van der Waals surface area (Å²) in [6.07, 6.45) is 4.45. The first kappa shape index (κ1) is 20.3. The Labute approximate surface area is 177 Å². The maximum Gasteiger partial charge on any atom is 0.270 e. The van der Waals surface area contributed by atoms with Crippen molar-refractivity contribution in [2.75, 3.05) is 5.32 Å². The van der Waals surface area contributed by atoms with Crippen molar-refractivity contribution in [3.8, 4) is 11.9 Å². The maximum absolute atomic E-state index is 13.2. The van der Waals surface area contributed by atoms with Crippen molar-refractivity contribution < 1.29 is 9.90 Å². The highest BCUT2D eigenvalue weighted by Gasteiger charge is 2.30. The van der Waals surface area contributed by atoms with Gasteiger partial charge >= 0.3 is 0 Å². The second kappa shape index (κ2) is 7.39. The minimum absolute atomic E-state index is 0.0268. The van der Waals surface area contributed by atoms with Gasteiger partial charge in [-0.15, -0.1) is 5.10 Å². The Bertz CT molecular complexity index is 1270. The number of nitrogens with zero attached hydrogens (tertiary/aromatic N) is 6. The number of amides is 1. The van der Waals surface area contributed by atoms with E-state index in [-0.39, 0.29) is 34.3 Å². The van der Waals surface area contributed by atoms with Gasteiger partial charge in [0.05, 0.1) is 12.4 Å². The molecule has 31 heavy (non-hydrogen) atoms. The Hall–Kier alpha value is -3.94. The maximum atomic E-state index is 13.2. The molecule has 0 unspecified atom stereocenters. The average Bonchev–Trinajstić information content (AvgIpc) is 3.41. The van der Waals surface area contributed by atoms with Gasteiger partial charge in [0.2, 0.25) is 5.88 Å². The number of aromatic nitrogens is 5. The quantitative estimate of drug-likeness (QED) is 0.560. The molecule has 1 aliphatic rings. The van der Waals surface area contributed by atoms with E-state index in [0.717, 1.165) is 17.4 Å². The predicted molar refractivity (Wildman–Crippen MR) is 111 cm³/mol. The second-order valence-corrected chi connectivity index (χ2v) is 8.72. The third-order valence-electron chi connectivity index (χ3n) is 4.63. The topological polar surface area (TPSA) is 150 Å². The van der Waals surface area contributed by atoms with Crippen LogP contribution in [0.4, 0.5) is 11.6 Å². The molecule has 0 bridgehead atoms. The molecule has 1 aliphatic carbocycles. The largest absolute Gasteiger partial charge is 0.492 e. The second-order valence-electron chi connectivity index (χ2n) is 8.72. The van der Waals surface area contributed by atoms with Crippen LogP contribution < -0.4 is 16.2 Å². The monoisotopic (exact) mass is 422 g/mol. The Morgan fingerprint density at radius 1 is 1.32 bits per heavy atom. The van der Waals surface area contributed by atoms with Crippen LogP contribution in [-0.2, 0) is 6.54 Å². The van der Waals surface area contributed by atoms with Gasteiger partial charge < -0.3 is 15.7 Å². The van der Waals surface area contributed by atoms with E-state index in [4.69, 9.17) is 5.26 Å². The minimum atomic E-state index is -0.618. The van der Waals surface area contributed by atoms with Crippen molar-refractivity contribution in [3.05, 3.63) is 40.1 Å². The van der Waals surface area contributed by atoms with Gasteiger partial charge in [-0.2, -0.15) is 9.78 Å². The minimum Gasteiger partial charge on any atom is -0.492 e. The van der Waals surface area contributed by atoms with E-state index in [1.807, 2.05) is 26.8 Å². The highest BCUT2D eigenvalue weighted by atomic mass is 16.3. The van der Waals surface area contributed by atoms with Crippen LogP contribution in [0.3, 0.4) is 0 Å². The number of hydrogen-bond acceptors (Lipinski definition) is 8. The summed E-state index contributed by atoms with van der Waals surface area (Å²) in [7, 11) is 0. The van der Waals surface area contributed by atoms with E-state index in [1.54, 1.807) is 6.07 Å². The number of anilines is 2. The number of hydrogen-bond donors (Lipinski definition) is 3. The average molecular weight is 422 g/mol. The van der Waals surface area contributed by atoms with Crippen molar-refractivity contribution in [2.24, 2.45) is 5.41 Å². The van der Waals surface area contributed by atoms with Crippen LogP contribution in [-0.4, -0.2) is 41.2 Å². The predicted octanol–water partition coefficient (Wildman–Crippen LogP) is 1.55. The van der Waals surface area contributed by atoms with Gasteiger partial charge in [-0.25, -0.2) is 4.98 Å². The molecule has 3 heterocycles. The molecule has 3 N–H and O–H groups in total. The van der Waals surface area contributed by atoms with Gasteiger partial charge in [-0.05, 0) is 18.3 Å². The van der Waals surface area contributed by atoms with E-state index in [2.05, 4.69) is 25.7 Å². The summed E-state index contributed by atoms with van der Waals surface area (Å²) in [4.78, 5) is 33.9. The molecule has 3 aromatic rings. The lowest BCUT2D eigenvalue weighted by Crippen LogP contribution is -2.37. The summed E-state index contributed by atoms with van der Waals surface area (Å²) in [6.45, 7) is 6.19. The molecule has 0 radical (unpaired) electrons. The molecule has 0 aliphatic heterocycles. The molecule has 11 heteroatoms. The summed E-state index contributed by atoms with van der Waals surface area (Å²) in [6, 6.07) is 3.49. The Morgan fingerprint density at radius 2 is 2.06 bits per heavy atom. The molecular weight excluding hydrogens is 400 g/mol. The smallest absolute Gasteiger partial charge is 0.270 e. The zero-order valence-electron chi connectivity index (χ0n) is 17.4. The van der Waals surface area contributed by atoms with Gasteiger partial charge in [-0.1, -0.05) is 20.8 Å². The molecule has 1 fully saturated rings. The number of nitrogens with one attached hydrogen (secondary N) is 2. The standard InChI is InChI=1S/C20H22N8O3/c1-20(2,3)10-27-15-6-13(25-14-9-22-8-12(7-21)23-14)26-28(15)19(31)16(18(27)30)17(29)24-11-4-5-11/h6,8-9,11,31H,4-5,10H2,1-3H3,(H,24,29)(H,23,25,26). The van der Waals surface area contributed by atoms with E-state index in [1.165, 1.54) is 17.0 Å². The molecule has 0 spiro atoms. The highest BCUT2D eigenvalue weighted by molar-refractivity contribution is 5.96. The van der Waals surface area contributed by atoms with Gasteiger partial charge in [0.15, 0.2) is 22.9 Å². The SMILES string of the molecule is CC(C)(C)Cn1c(=O)c(C(=O)NC2CC2)c(O)n2nc(Nc3cncc(C#N)n3)cc12. The van der Waals surface area contributed by atoms with Crippen LogP contribution in [0.5, 0.6) is 5.88 Å². The summed E-state index contributed by atoms with van der Waals surface area (Å²) in [5.74, 6) is -0.611. The van der Waals surface area contributed by atoms with Gasteiger partial charge in [0.1, 0.15) is 11.7 Å². The lowest BCUT2D eigenvalue weighted by atomic mass is 9.97. The molecule has 11 nitrogen and oxygen atoms in total. The van der Waals surface area contributed by atoms with E-state index >= 15 is 0 Å². The summed E-state index contributed by atoms with van der Waals surface area (Å²) in [5, 5.41) is 29.7. The van der Waals surface area contributed by atoms with Crippen LogP contribution in [0, 0.1) is 16.7 Å². The Balaban J connectivity index is 1.84. The van der Waals surface area contributed by atoms with Gasteiger partial charge in [0, 0.05) is 18.7 Å². The van der Waals surface area contributed by atoms with Gasteiger partial charge in [0.25, 0.3) is 11.5 Å². The fourth-order valence-corrected chi connectivity index (χ4v) is 3.14. The number of nitriles is 1. The third-order valence-corrected chi connectivity index (χ3v) is 4.63. The zero-order chi connectivity index (χ0) is 22.3. The number of fused-ring (bicyclic) bond motifs is 1. The number of aromatic hydroxyl groups is 1. The van der Waals surface area contributed by atoms with Crippen molar-refractivity contribution in [3.63, 3.8) is 0 Å². The Kier molecular flexibility index (Phi) is 4.85. The lowest BCUT2D eigenvalue weighted by molar-refractivity contribution is 0.0944.